The molecule has 2 N–H and O–H groups in total. The zero-order chi connectivity index (χ0) is 12.8. The fraction of sp³-hybridized carbons (Fsp3) is 0.250. The molecule has 0 aliphatic rings. The highest BCUT2D eigenvalue weighted by molar-refractivity contribution is 8.00. The van der Waals surface area contributed by atoms with Crippen LogP contribution in [0.2, 0.25) is 0 Å². The quantitative estimate of drug-likeness (QED) is 0.782. The van der Waals surface area contributed by atoms with Crippen LogP contribution in [0.15, 0.2) is 35.5 Å². The highest BCUT2D eigenvalue weighted by Gasteiger charge is 2.07. The van der Waals surface area contributed by atoms with Crippen molar-refractivity contribution in [1.29, 1.82) is 0 Å². The maximum Gasteiger partial charge on any atom is 0.230 e. The molecule has 0 unspecified atom stereocenters. The average molecular weight is 263 g/mol. The molecule has 0 bridgehead atoms. The van der Waals surface area contributed by atoms with Gasteiger partial charge in [-0.15, -0.1) is 5.10 Å². The van der Waals surface area contributed by atoms with Gasteiger partial charge in [-0.25, -0.2) is 0 Å². The van der Waals surface area contributed by atoms with E-state index in [1.807, 2.05) is 24.3 Å². The number of aliphatic hydroxyl groups excluding tert-OH is 1. The first-order valence-corrected chi connectivity index (χ1v) is 6.50. The summed E-state index contributed by atoms with van der Waals surface area (Å²) in [6.07, 6.45) is 1.70. The van der Waals surface area contributed by atoms with Crippen molar-refractivity contribution in [1.82, 2.24) is 15.5 Å². The van der Waals surface area contributed by atoms with Gasteiger partial charge in [-0.2, -0.15) is 5.10 Å². The van der Waals surface area contributed by atoms with Gasteiger partial charge in [0, 0.05) is 17.3 Å². The lowest BCUT2D eigenvalue weighted by molar-refractivity contribution is -0.118. The molecule has 0 saturated carbocycles. The number of hydrogen-bond acceptors (Lipinski definition) is 5. The highest BCUT2D eigenvalue weighted by atomic mass is 32.2. The summed E-state index contributed by atoms with van der Waals surface area (Å²) in [6, 6.07) is 7.78. The van der Waals surface area contributed by atoms with Crippen LogP contribution in [0.4, 0.5) is 0 Å². The number of rotatable bonds is 5. The Bertz CT molecular complexity index is 542. The van der Waals surface area contributed by atoms with Gasteiger partial charge in [0.2, 0.25) is 5.91 Å². The van der Waals surface area contributed by atoms with Gasteiger partial charge in [-0.3, -0.25) is 4.79 Å². The number of amides is 1. The van der Waals surface area contributed by atoms with Crippen LogP contribution in [0.1, 0.15) is 0 Å². The first-order chi connectivity index (χ1) is 8.81. The van der Waals surface area contributed by atoms with Crippen molar-refractivity contribution in [3.8, 4) is 0 Å². The Balaban J connectivity index is 2.05. The lowest BCUT2D eigenvalue weighted by Crippen LogP contribution is -2.27. The van der Waals surface area contributed by atoms with Crippen LogP contribution in [-0.2, 0) is 4.79 Å². The van der Waals surface area contributed by atoms with Crippen LogP contribution in [0.5, 0.6) is 0 Å². The van der Waals surface area contributed by atoms with Crippen molar-refractivity contribution in [2.45, 2.75) is 5.03 Å². The topological polar surface area (TPSA) is 75.1 Å². The molecular formula is C12H13N3O2S. The van der Waals surface area contributed by atoms with Crippen molar-refractivity contribution in [3.05, 3.63) is 30.5 Å². The number of carbonyl (C=O) groups is 1. The number of nitrogens with one attached hydrogen (secondary N) is 1. The minimum Gasteiger partial charge on any atom is -0.395 e. The minimum atomic E-state index is -0.121. The summed E-state index contributed by atoms with van der Waals surface area (Å²) in [7, 11) is 0. The molecule has 1 aromatic heterocycles. The van der Waals surface area contributed by atoms with Crippen molar-refractivity contribution in [2.24, 2.45) is 0 Å². The molecule has 0 spiro atoms. The van der Waals surface area contributed by atoms with E-state index in [9.17, 15) is 4.79 Å². The molecule has 18 heavy (non-hydrogen) atoms. The number of thioether (sulfide) groups is 1. The van der Waals surface area contributed by atoms with Crippen molar-refractivity contribution in [2.75, 3.05) is 18.9 Å². The second-order valence-electron chi connectivity index (χ2n) is 3.60. The fourth-order valence-electron chi connectivity index (χ4n) is 1.49. The van der Waals surface area contributed by atoms with E-state index in [0.717, 1.165) is 15.8 Å². The summed E-state index contributed by atoms with van der Waals surface area (Å²) >= 11 is 1.34. The van der Waals surface area contributed by atoms with E-state index in [0.29, 0.717) is 0 Å². The standard InChI is InChI=1S/C12H13N3O2S/c16-6-5-13-11(17)8-18-12-10-4-2-1-3-9(10)7-14-15-12/h1-4,7,16H,5-6,8H2,(H,13,17). The third kappa shape index (κ3) is 3.18. The van der Waals surface area contributed by atoms with E-state index in [-0.39, 0.29) is 24.8 Å². The van der Waals surface area contributed by atoms with Gasteiger partial charge in [0.25, 0.3) is 0 Å². The van der Waals surface area contributed by atoms with E-state index in [2.05, 4.69) is 15.5 Å². The number of nitrogens with zero attached hydrogens (tertiary/aromatic N) is 2. The van der Waals surface area contributed by atoms with Gasteiger partial charge >= 0.3 is 0 Å². The molecule has 2 aromatic rings. The number of hydrogen-bond donors (Lipinski definition) is 2. The Morgan fingerprint density at radius 3 is 3.06 bits per heavy atom. The largest absolute Gasteiger partial charge is 0.395 e. The van der Waals surface area contributed by atoms with Crippen LogP contribution in [0.25, 0.3) is 10.8 Å². The van der Waals surface area contributed by atoms with Gasteiger partial charge in [0.15, 0.2) is 0 Å². The normalized spacial score (nSPS) is 10.5. The molecule has 1 aromatic carbocycles. The molecule has 0 fully saturated rings. The van der Waals surface area contributed by atoms with Crippen molar-refractivity contribution < 1.29 is 9.90 Å². The summed E-state index contributed by atoms with van der Waals surface area (Å²) in [5, 5.41) is 21.9. The summed E-state index contributed by atoms with van der Waals surface area (Å²) in [5.74, 6) is 0.145. The van der Waals surface area contributed by atoms with E-state index in [1.165, 1.54) is 11.8 Å². The van der Waals surface area contributed by atoms with Crippen LogP contribution in [0, 0.1) is 0 Å². The molecule has 1 heterocycles. The zero-order valence-electron chi connectivity index (χ0n) is 9.67. The fourth-order valence-corrected chi connectivity index (χ4v) is 2.30. The van der Waals surface area contributed by atoms with Crippen LogP contribution >= 0.6 is 11.8 Å². The Kier molecular flexibility index (Phi) is 4.49. The number of fused-ring (bicyclic) bond motifs is 1. The third-order valence-corrected chi connectivity index (χ3v) is 3.29. The van der Waals surface area contributed by atoms with Crippen LogP contribution in [-0.4, -0.2) is 40.1 Å². The summed E-state index contributed by atoms with van der Waals surface area (Å²) in [4.78, 5) is 11.4. The first kappa shape index (κ1) is 12.8. The Labute approximate surface area is 109 Å². The predicted molar refractivity (Wildman–Crippen MR) is 70.4 cm³/mol. The molecule has 94 valence electrons. The van der Waals surface area contributed by atoms with E-state index < -0.39 is 0 Å². The van der Waals surface area contributed by atoms with Gasteiger partial charge in [0.05, 0.1) is 18.6 Å². The van der Waals surface area contributed by atoms with Crippen LogP contribution < -0.4 is 5.32 Å². The second-order valence-corrected chi connectivity index (χ2v) is 4.56. The highest BCUT2D eigenvalue weighted by Crippen LogP contribution is 2.24. The van der Waals surface area contributed by atoms with Crippen molar-refractivity contribution in [3.63, 3.8) is 0 Å². The molecule has 0 aliphatic carbocycles. The van der Waals surface area contributed by atoms with Gasteiger partial charge in [0.1, 0.15) is 5.03 Å². The maximum atomic E-state index is 11.4. The molecule has 0 radical (unpaired) electrons. The van der Waals surface area contributed by atoms with E-state index in [1.54, 1.807) is 6.20 Å². The zero-order valence-corrected chi connectivity index (χ0v) is 10.5. The van der Waals surface area contributed by atoms with Crippen molar-refractivity contribution >= 4 is 28.4 Å². The number of aliphatic hydroxyl groups is 1. The van der Waals surface area contributed by atoms with Gasteiger partial charge in [-0.05, 0) is 0 Å². The third-order valence-electron chi connectivity index (χ3n) is 2.31. The summed E-state index contributed by atoms with van der Waals surface area (Å²) in [6.45, 7) is 0.227. The summed E-state index contributed by atoms with van der Waals surface area (Å²) < 4.78 is 0. The Morgan fingerprint density at radius 2 is 2.22 bits per heavy atom. The minimum absolute atomic E-state index is 0.0511. The lowest BCUT2D eigenvalue weighted by Gasteiger charge is -2.04. The predicted octanol–water partition coefficient (Wildman–Crippen LogP) is 0.830. The number of carbonyl (C=O) groups excluding carboxylic acids is 1. The molecule has 0 aliphatic heterocycles. The molecule has 5 nitrogen and oxygen atoms in total. The molecule has 2 rings (SSSR count). The van der Waals surface area contributed by atoms with E-state index >= 15 is 0 Å². The monoisotopic (exact) mass is 263 g/mol. The SMILES string of the molecule is O=C(CSc1nncc2ccccc12)NCCO. The molecule has 0 atom stereocenters. The Hall–Kier alpha value is -1.66. The second kappa shape index (κ2) is 6.32. The maximum absolute atomic E-state index is 11.4. The van der Waals surface area contributed by atoms with Crippen LogP contribution in [0.3, 0.4) is 0 Å². The number of benzene rings is 1. The van der Waals surface area contributed by atoms with E-state index in [4.69, 9.17) is 5.11 Å². The first-order valence-electron chi connectivity index (χ1n) is 5.52. The molecular weight excluding hydrogens is 250 g/mol. The average Bonchev–Trinajstić information content (AvgIpc) is 2.42. The number of aromatic nitrogens is 2. The summed E-state index contributed by atoms with van der Waals surface area (Å²) in [5.41, 5.74) is 0. The smallest absolute Gasteiger partial charge is 0.230 e. The Morgan fingerprint density at radius 1 is 1.39 bits per heavy atom. The van der Waals surface area contributed by atoms with Gasteiger partial charge in [-0.1, -0.05) is 36.0 Å². The molecule has 0 saturated heterocycles. The molecule has 6 heteroatoms. The lowest BCUT2D eigenvalue weighted by atomic mass is 10.2. The van der Waals surface area contributed by atoms with Gasteiger partial charge < -0.3 is 10.4 Å². The molecule has 1 amide bonds.